The first-order chi connectivity index (χ1) is 61.2. The smallest absolute Gasteiger partial charge is 0.327 e. The van der Waals surface area contributed by atoms with Crippen LogP contribution < -0.4 is 21.3 Å². The Morgan fingerprint density at radius 2 is 0.508 bits per heavy atom. The number of esters is 4. The van der Waals surface area contributed by atoms with Crippen molar-refractivity contribution in [2.24, 2.45) is 0 Å². The molecule has 0 aliphatic heterocycles. The van der Waals surface area contributed by atoms with Gasteiger partial charge in [0.15, 0.2) is 0 Å². The second-order valence-electron chi connectivity index (χ2n) is 34.8. The molecule has 8 atom stereocenters. The summed E-state index contributed by atoms with van der Waals surface area (Å²) in [6.45, 7) is 19.3. The topological polar surface area (TPSA) is 294 Å². The van der Waals surface area contributed by atoms with E-state index in [1.54, 1.807) is 0 Å². The molecule has 4 N–H and O–H groups in total. The first kappa shape index (κ1) is 121. The number of nitrogens with one attached hydrogen (secondary N) is 4. The van der Waals surface area contributed by atoms with Gasteiger partial charge in [0.25, 0.3) is 0 Å². The largest absolute Gasteiger partial charge is 0.462 e. The van der Waals surface area contributed by atoms with Gasteiger partial charge in [-0.1, -0.05) is 284 Å². The minimum atomic E-state index is -3.84. The van der Waals surface area contributed by atoms with Gasteiger partial charge < -0.3 is 67.8 Å². The summed E-state index contributed by atoms with van der Waals surface area (Å²) in [6.07, 6.45) is 69.3. The second-order valence-corrected chi connectivity index (χ2v) is 38.9. The van der Waals surface area contributed by atoms with Gasteiger partial charge in [-0.25, -0.2) is 4.79 Å². The van der Waals surface area contributed by atoms with Gasteiger partial charge in [0.1, 0.15) is 24.4 Å². The Labute approximate surface area is 768 Å². The zero-order chi connectivity index (χ0) is 92.6. The van der Waals surface area contributed by atoms with E-state index >= 15 is 0 Å². The Hall–Kier alpha value is -4.73. The molecule has 0 bridgehead atoms. The van der Waals surface area contributed by atoms with Gasteiger partial charge in [0, 0.05) is 64.9 Å². The molecule has 0 heterocycles. The SMILES string of the molecule is CCCCCC/C=C\CCCC(=O)OC(CCCCCCC)CCOCC(COP(C)(=O)OCCNC(=O)NCCOP(C)(=O)OCC(COCCC(CCCCCCC)OC(=O)CCC/C=C\CCCCCC)NC(=O)C[C@@H](CCCCCCC)OC(=O)CCC/C=C\CCCCCC)NC(=O)C[C@@H](CCCCCCC)OC(=O)CCC/C=C\CCCCCC. The van der Waals surface area contributed by atoms with Crippen molar-refractivity contribution in [2.45, 2.75) is 477 Å². The number of rotatable bonds is 94. The fraction of sp³-hybridized carbons (Fsp3) is 0.851. The van der Waals surface area contributed by atoms with Gasteiger partial charge >= 0.3 is 45.1 Å². The van der Waals surface area contributed by atoms with Crippen molar-refractivity contribution < 1.29 is 89.2 Å². The standard InChI is InChI=1S/C101H188N4O19P2/c1-11-19-27-35-39-43-47-55-63-71-97(108)121-91(67-59-51-31-23-15-5)75-79-115-85-89(104-95(106)83-93(69-61-53-33-25-17-7)123-99(110)73-65-57-49-45-41-37-29-21-13-3)87-119-125(9,113)117-81-77-102-101(112)103-78-82-118-126(10,114)120-88-90(86-116-80-76-92(68-60-52-32-24-16-6)122-98(109)72-64-56-48-44-40-36-28-20-12-2)105-96(107)84-94(70-62-54-34-26-18-8)124-100(111)74-66-58-50-46-42-38-30-22-14-4/h43-50,89-94H,11-42,51-88H2,1-10H3,(H,104,106)(H,105,107)(H2,102,103,112)/b47-43-,48-44-,49-45-,50-46-/t89?,90?,91?,92?,93-,94-,125?,126?/m1/s1. The van der Waals surface area contributed by atoms with E-state index in [9.17, 15) is 42.7 Å². The normalized spacial score (nSPS) is 14.2. The van der Waals surface area contributed by atoms with Crippen LogP contribution in [0.25, 0.3) is 0 Å². The average molecular weight is 1820 g/mol. The Bertz CT molecular complexity index is 2650. The van der Waals surface area contributed by atoms with Crippen LogP contribution >= 0.6 is 15.2 Å². The Kier molecular flexibility index (Phi) is 86.1. The molecule has 0 fully saturated rings. The molecule has 23 nitrogen and oxygen atoms in total. The zero-order valence-corrected chi connectivity index (χ0v) is 83.5. The van der Waals surface area contributed by atoms with E-state index in [4.69, 9.17) is 46.5 Å². The average Bonchev–Trinajstić information content (AvgIpc) is 0.906. The Morgan fingerprint density at radius 3 is 0.778 bits per heavy atom. The summed E-state index contributed by atoms with van der Waals surface area (Å²) in [6, 6.07) is -2.26. The fourth-order valence-corrected chi connectivity index (χ4v) is 16.3. The first-order valence-electron chi connectivity index (χ1n) is 51.0. The predicted octanol–water partition coefficient (Wildman–Crippen LogP) is 26.4. The summed E-state index contributed by atoms with van der Waals surface area (Å²) >= 11 is 0. The quantitative estimate of drug-likeness (QED) is 0.0145. The van der Waals surface area contributed by atoms with Crippen molar-refractivity contribution in [3.8, 4) is 0 Å². The number of hydrogen-bond donors (Lipinski definition) is 4. The van der Waals surface area contributed by atoms with Crippen molar-refractivity contribution in [2.75, 3.05) is 79.3 Å². The lowest BCUT2D eigenvalue weighted by Crippen LogP contribution is -2.43. The highest BCUT2D eigenvalue weighted by Gasteiger charge is 2.28. The monoisotopic (exact) mass is 1820 g/mol. The number of ether oxygens (including phenoxy) is 6. The van der Waals surface area contributed by atoms with E-state index in [0.29, 0.717) is 77.0 Å². The van der Waals surface area contributed by atoms with Crippen molar-refractivity contribution in [1.29, 1.82) is 0 Å². The van der Waals surface area contributed by atoms with Crippen LogP contribution in [0, 0.1) is 0 Å². The van der Waals surface area contributed by atoms with Crippen molar-refractivity contribution >= 4 is 56.9 Å². The van der Waals surface area contributed by atoms with E-state index in [0.717, 1.165) is 193 Å². The van der Waals surface area contributed by atoms with Crippen LogP contribution in [-0.4, -0.2) is 157 Å². The molecule has 0 aromatic heterocycles. The maximum Gasteiger partial charge on any atom is 0.327 e. The van der Waals surface area contributed by atoms with Gasteiger partial charge in [-0.05, 0) is 154 Å². The van der Waals surface area contributed by atoms with E-state index in [1.807, 2.05) is 0 Å². The number of unbranched alkanes of at least 4 members (excludes halogenated alkanes) is 36. The molecule has 25 heteroatoms. The highest BCUT2D eigenvalue weighted by atomic mass is 31.2. The molecule has 0 saturated heterocycles. The van der Waals surface area contributed by atoms with Crippen LogP contribution in [0.3, 0.4) is 0 Å². The minimum absolute atomic E-state index is 0.0423. The molecule has 0 saturated carbocycles. The molecule has 6 unspecified atom stereocenters. The summed E-state index contributed by atoms with van der Waals surface area (Å²) in [7, 11) is -7.67. The molecule has 0 aliphatic carbocycles. The summed E-state index contributed by atoms with van der Waals surface area (Å²) in [5.74, 6) is -1.95. The van der Waals surface area contributed by atoms with Gasteiger partial charge in [-0.2, -0.15) is 0 Å². The summed E-state index contributed by atoms with van der Waals surface area (Å²) in [5.41, 5.74) is 0. The molecule has 0 aromatic rings. The Morgan fingerprint density at radius 1 is 0.270 bits per heavy atom. The molecule has 4 amide bonds. The van der Waals surface area contributed by atoms with E-state index < -0.39 is 57.3 Å². The lowest BCUT2D eigenvalue weighted by Gasteiger charge is -2.24. The minimum Gasteiger partial charge on any atom is -0.462 e. The third kappa shape index (κ3) is 83.6. The molecular weight excluding hydrogens is 1640 g/mol. The highest BCUT2D eigenvalue weighted by molar-refractivity contribution is 7.53. The molecule has 126 heavy (non-hydrogen) atoms. The zero-order valence-electron chi connectivity index (χ0n) is 81.7. The van der Waals surface area contributed by atoms with Crippen LogP contribution in [0.5, 0.6) is 0 Å². The molecule has 0 radical (unpaired) electrons. The number of carbonyl (C=O) groups is 7. The maximum atomic E-state index is 14.1. The highest BCUT2D eigenvalue weighted by Crippen LogP contribution is 2.44. The summed E-state index contributed by atoms with van der Waals surface area (Å²) in [4.78, 5) is 94.4. The molecule has 0 aromatic carbocycles. The van der Waals surface area contributed by atoms with Crippen LogP contribution in [0.4, 0.5) is 4.79 Å². The predicted molar refractivity (Wildman–Crippen MR) is 516 cm³/mol. The second kappa shape index (κ2) is 89.5. The third-order valence-electron chi connectivity index (χ3n) is 22.1. The number of hydrogen-bond acceptors (Lipinski definition) is 19. The van der Waals surface area contributed by atoms with Crippen LogP contribution in [0.15, 0.2) is 48.6 Å². The van der Waals surface area contributed by atoms with Crippen LogP contribution in [0.1, 0.15) is 441 Å². The van der Waals surface area contributed by atoms with Gasteiger partial charge in [-0.15, -0.1) is 0 Å². The third-order valence-corrected chi connectivity index (χ3v) is 24.6. The molecule has 0 spiro atoms. The van der Waals surface area contributed by atoms with Gasteiger partial charge in [0.2, 0.25) is 11.8 Å². The lowest BCUT2D eigenvalue weighted by atomic mass is 10.1. The Balaban J connectivity index is 6.38. The first-order valence-corrected chi connectivity index (χ1v) is 55.0. The van der Waals surface area contributed by atoms with E-state index in [-0.39, 0.29) is 128 Å². The summed E-state index contributed by atoms with van der Waals surface area (Å²) < 4.78 is 87.9. The molecule has 736 valence electrons. The van der Waals surface area contributed by atoms with Crippen molar-refractivity contribution in [1.82, 2.24) is 21.3 Å². The van der Waals surface area contributed by atoms with Crippen molar-refractivity contribution in [3.63, 3.8) is 0 Å². The number of urea groups is 1. The van der Waals surface area contributed by atoms with E-state index in [2.05, 4.69) is 125 Å². The molecule has 0 aliphatic rings. The fourth-order valence-electron chi connectivity index (χ4n) is 14.4. The van der Waals surface area contributed by atoms with Gasteiger partial charge in [-0.3, -0.25) is 37.9 Å². The van der Waals surface area contributed by atoms with E-state index in [1.165, 1.54) is 103 Å². The number of allylic oxidation sites excluding steroid dienone is 8. The molecular formula is C101H188N4O19P2. The lowest BCUT2D eigenvalue weighted by molar-refractivity contribution is -0.152. The van der Waals surface area contributed by atoms with Crippen LogP contribution in [-0.2, 0) is 84.4 Å². The summed E-state index contributed by atoms with van der Waals surface area (Å²) in [5, 5.41) is 11.3. The number of carbonyl (C=O) groups excluding carboxylic acids is 7. The number of amides is 4. The van der Waals surface area contributed by atoms with Gasteiger partial charge in [0.05, 0.1) is 77.8 Å². The maximum absolute atomic E-state index is 14.1. The van der Waals surface area contributed by atoms with Crippen LogP contribution in [0.2, 0.25) is 0 Å². The molecule has 0 rings (SSSR count). The van der Waals surface area contributed by atoms with Crippen molar-refractivity contribution in [3.05, 3.63) is 48.6 Å².